The number of aromatic nitrogens is 1. The molecule has 1 saturated heterocycles. The summed E-state index contributed by atoms with van der Waals surface area (Å²) in [5.74, 6) is -0.120. The van der Waals surface area contributed by atoms with Crippen molar-refractivity contribution >= 4 is 22.8 Å². The molecule has 2 aromatic rings. The summed E-state index contributed by atoms with van der Waals surface area (Å²) < 4.78 is 28.6. The first-order valence-electron chi connectivity index (χ1n) is 16.3. The van der Waals surface area contributed by atoms with Gasteiger partial charge in [-0.15, -0.1) is 0 Å². The summed E-state index contributed by atoms with van der Waals surface area (Å²) in [5.41, 5.74) is 2.36. The van der Waals surface area contributed by atoms with Crippen LogP contribution in [0.4, 0.5) is 0 Å². The molecule has 1 aromatic carbocycles. The Bertz CT molecular complexity index is 1140. The summed E-state index contributed by atoms with van der Waals surface area (Å²) in [5, 5.41) is 1.22. The van der Waals surface area contributed by atoms with Gasteiger partial charge in [-0.05, 0) is 88.1 Å². The molecule has 2 heterocycles. The quantitative estimate of drug-likeness (QED) is 0.224. The normalized spacial score (nSPS) is 24.9. The van der Waals surface area contributed by atoms with E-state index in [0.29, 0.717) is 18.8 Å². The Balaban J connectivity index is 1.75. The van der Waals surface area contributed by atoms with E-state index >= 15 is 0 Å². The molecule has 1 aliphatic heterocycles. The maximum absolute atomic E-state index is 13.1. The Kier molecular flexibility index (Phi) is 15.5. The first kappa shape index (κ1) is 35.9. The molecule has 0 saturated carbocycles. The van der Waals surface area contributed by atoms with Gasteiger partial charge in [-0.25, -0.2) is 0 Å². The van der Waals surface area contributed by atoms with E-state index in [9.17, 15) is 9.59 Å². The second-order valence-electron chi connectivity index (χ2n) is 12.2. The van der Waals surface area contributed by atoms with E-state index in [4.69, 9.17) is 23.7 Å². The average Bonchev–Trinajstić information content (AvgIpc) is 3.02. The SMILES string of the molecule is CCC(=O)OC1CC(=O)OC(C)CCN(CCCc2ccnc3ccccc23)CCC(C)CC(CC(OC)OC)CC1OC. The van der Waals surface area contributed by atoms with Crippen molar-refractivity contribution in [1.29, 1.82) is 0 Å². The molecule has 0 bridgehead atoms. The van der Waals surface area contributed by atoms with Gasteiger partial charge < -0.3 is 28.6 Å². The third kappa shape index (κ3) is 11.7. The third-order valence-corrected chi connectivity index (χ3v) is 8.79. The van der Waals surface area contributed by atoms with Crippen LogP contribution < -0.4 is 0 Å². The minimum Gasteiger partial charge on any atom is -0.463 e. The topological polar surface area (TPSA) is 96.4 Å². The molecule has 1 fully saturated rings. The molecular formula is C35H54N2O7. The van der Waals surface area contributed by atoms with Gasteiger partial charge in [-0.1, -0.05) is 32.0 Å². The number of fused-ring (bicyclic) bond motifs is 1. The highest BCUT2D eigenvalue weighted by Gasteiger charge is 2.33. The van der Waals surface area contributed by atoms with Crippen LogP contribution in [0.25, 0.3) is 10.9 Å². The molecule has 9 heteroatoms. The Hall–Kier alpha value is -2.59. The van der Waals surface area contributed by atoms with Gasteiger partial charge in [0, 0.05) is 52.3 Å². The summed E-state index contributed by atoms with van der Waals surface area (Å²) in [6, 6.07) is 10.4. The summed E-state index contributed by atoms with van der Waals surface area (Å²) in [4.78, 5) is 32.4. The van der Waals surface area contributed by atoms with Crippen molar-refractivity contribution in [3.05, 3.63) is 42.1 Å². The zero-order valence-electron chi connectivity index (χ0n) is 27.7. The predicted octanol–water partition coefficient (Wildman–Crippen LogP) is 5.96. The van der Waals surface area contributed by atoms with Crippen LogP contribution in [0.15, 0.2) is 36.5 Å². The van der Waals surface area contributed by atoms with Crippen molar-refractivity contribution in [2.24, 2.45) is 11.8 Å². The van der Waals surface area contributed by atoms with E-state index in [1.54, 1.807) is 28.3 Å². The molecule has 44 heavy (non-hydrogen) atoms. The monoisotopic (exact) mass is 614 g/mol. The Morgan fingerprint density at radius 1 is 1.05 bits per heavy atom. The Morgan fingerprint density at radius 3 is 2.52 bits per heavy atom. The van der Waals surface area contributed by atoms with Crippen LogP contribution in [-0.4, -0.2) is 87.4 Å². The molecule has 1 aromatic heterocycles. The van der Waals surface area contributed by atoms with Crippen LogP contribution in [0.1, 0.15) is 77.7 Å². The van der Waals surface area contributed by atoms with E-state index in [-0.39, 0.29) is 43.1 Å². The lowest BCUT2D eigenvalue weighted by atomic mass is 9.85. The van der Waals surface area contributed by atoms with Gasteiger partial charge >= 0.3 is 11.9 Å². The number of carbonyl (C=O) groups excluding carboxylic acids is 2. The molecule has 5 unspecified atom stereocenters. The minimum absolute atomic E-state index is 0.0432. The molecule has 3 rings (SSSR count). The number of hydrogen-bond donors (Lipinski definition) is 0. The highest BCUT2D eigenvalue weighted by molar-refractivity contribution is 5.81. The van der Waals surface area contributed by atoms with Crippen LogP contribution >= 0.6 is 0 Å². The van der Waals surface area contributed by atoms with E-state index in [0.717, 1.165) is 57.3 Å². The lowest BCUT2D eigenvalue weighted by Gasteiger charge is -2.31. The number of methoxy groups -OCH3 is 3. The van der Waals surface area contributed by atoms with E-state index in [1.807, 2.05) is 19.2 Å². The van der Waals surface area contributed by atoms with Crippen molar-refractivity contribution in [2.45, 2.75) is 103 Å². The number of esters is 2. The number of aryl methyl sites for hydroxylation is 1. The van der Waals surface area contributed by atoms with Crippen molar-refractivity contribution < 1.29 is 33.3 Å². The van der Waals surface area contributed by atoms with Crippen molar-refractivity contribution in [3.63, 3.8) is 0 Å². The molecule has 246 valence electrons. The Labute approximate surface area is 263 Å². The molecule has 9 nitrogen and oxygen atoms in total. The van der Waals surface area contributed by atoms with Crippen molar-refractivity contribution in [1.82, 2.24) is 9.88 Å². The highest BCUT2D eigenvalue weighted by atomic mass is 16.7. The maximum Gasteiger partial charge on any atom is 0.309 e. The molecule has 1 aliphatic rings. The molecular weight excluding hydrogens is 560 g/mol. The van der Waals surface area contributed by atoms with Crippen LogP contribution in [0.3, 0.4) is 0 Å². The number of nitrogens with zero attached hydrogens (tertiary/aromatic N) is 2. The molecule has 0 aliphatic carbocycles. The van der Waals surface area contributed by atoms with Gasteiger partial charge in [0.25, 0.3) is 0 Å². The zero-order chi connectivity index (χ0) is 31.9. The summed E-state index contributed by atoms with van der Waals surface area (Å²) in [7, 11) is 4.90. The largest absolute Gasteiger partial charge is 0.463 e. The van der Waals surface area contributed by atoms with Crippen molar-refractivity contribution in [3.8, 4) is 0 Å². The van der Waals surface area contributed by atoms with Gasteiger partial charge in [-0.2, -0.15) is 0 Å². The number of para-hydroxylation sites is 1. The summed E-state index contributed by atoms with van der Waals surface area (Å²) in [6.07, 6.45) is 6.31. The predicted molar refractivity (Wildman–Crippen MR) is 171 cm³/mol. The fourth-order valence-electron chi connectivity index (χ4n) is 6.23. The molecule has 0 spiro atoms. The second kappa shape index (κ2) is 19.0. The lowest BCUT2D eigenvalue weighted by Crippen LogP contribution is -2.38. The van der Waals surface area contributed by atoms with Crippen LogP contribution in [-0.2, 0) is 39.7 Å². The van der Waals surface area contributed by atoms with Crippen LogP contribution in [0, 0.1) is 11.8 Å². The lowest BCUT2D eigenvalue weighted by molar-refractivity contribution is -0.166. The summed E-state index contributed by atoms with van der Waals surface area (Å²) in [6.45, 7) is 8.75. The fourth-order valence-corrected chi connectivity index (χ4v) is 6.23. The number of pyridine rings is 1. The van der Waals surface area contributed by atoms with E-state index in [2.05, 4.69) is 41.1 Å². The van der Waals surface area contributed by atoms with Crippen molar-refractivity contribution in [2.75, 3.05) is 41.0 Å². The Morgan fingerprint density at radius 2 is 1.80 bits per heavy atom. The number of rotatable bonds is 11. The molecule has 5 atom stereocenters. The molecule has 0 N–H and O–H groups in total. The average molecular weight is 615 g/mol. The smallest absolute Gasteiger partial charge is 0.309 e. The number of cyclic esters (lactones) is 1. The fraction of sp³-hybridized carbons (Fsp3) is 0.686. The number of benzene rings is 1. The van der Waals surface area contributed by atoms with Gasteiger partial charge in [0.1, 0.15) is 12.2 Å². The van der Waals surface area contributed by atoms with E-state index < -0.39 is 12.2 Å². The first-order valence-corrected chi connectivity index (χ1v) is 16.3. The number of ether oxygens (including phenoxy) is 5. The maximum atomic E-state index is 13.1. The van der Waals surface area contributed by atoms with Gasteiger partial charge in [0.05, 0.1) is 18.0 Å². The van der Waals surface area contributed by atoms with Gasteiger partial charge in [0.2, 0.25) is 0 Å². The number of hydrogen-bond acceptors (Lipinski definition) is 9. The third-order valence-electron chi connectivity index (χ3n) is 8.79. The second-order valence-corrected chi connectivity index (χ2v) is 12.2. The first-order chi connectivity index (χ1) is 21.3. The molecule has 0 radical (unpaired) electrons. The number of carbonyl (C=O) groups is 2. The van der Waals surface area contributed by atoms with E-state index in [1.165, 1.54) is 10.9 Å². The standard InChI is InChI=1S/C35H54N2O7/c1-7-33(38)44-32-24-34(39)43-26(3)16-20-37(18-10-11-28-14-17-36-30-13-9-8-12-29(28)30)19-15-25(2)21-27(22-31(32)40-4)23-35(41-5)42-6/h8-9,12-14,17,25-27,31-32,35H,7,10-11,15-16,18-24H2,1-6H3. The van der Waals surface area contributed by atoms with Crippen LogP contribution in [0.2, 0.25) is 0 Å². The summed E-state index contributed by atoms with van der Waals surface area (Å²) >= 11 is 0. The molecule has 0 amide bonds. The highest BCUT2D eigenvalue weighted by Crippen LogP contribution is 2.29. The van der Waals surface area contributed by atoms with Gasteiger partial charge in [-0.3, -0.25) is 14.6 Å². The zero-order valence-corrected chi connectivity index (χ0v) is 27.7. The van der Waals surface area contributed by atoms with Crippen LogP contribution in [0.5, 0.6) is 0 Å². The minimum atomic E-state index is -0.723. The van der Waals surface area contributed by atoms with Gasteiger partial charge in [0.15, 0.2) is 6.29 Å².